The van der Waals surface area contributed by atoms with Gasteiger partial charge in [0.15, 0.2) is 0 Å². The first-order valence-electron chi connectivity index (χ1n) is 14.2. The standard InChI is InChI=1S/C33H42BrN3O4S/c1-6-7-21-35-32(39)30(22-25-11-9-8-10-12-25)36(23-26-13-17-28(34)18-14-26)31(38)24-37(42(5,40)41)29-19-15-27(16-20-29)33(2,3)4/h8-20,30H,6-7,21-24H2,1-5H3,(H,35,39)/t30-/m1/s1. The number of amides is 2. The number of sulfonamides is 1. The number of anilines is 1. The highest BCUT2D eigenvalue weighted by molar-refractivity contribution is 9.10. The first-order valence-corrected chi connectivity index (χ1v) is 16.9. The molecule has 0 aromatic heterocycles. The monoisotopic (exact) mass is 655 g/mol. The minimum atomic E-state index is -3.82. The van der Waals surface area contributed by atoms with Gasteiger partial charge in [-0.25, -0.2) is 8.42 Å². The average Bonchev–Trinajstić information content (AvgIpc) is 2.94. The summed E-state index contributed by atoms with van der Waals surface area (Å²) >= 11 is 3.45. The molecule has 0 saturated heterocycles. The molecular formula is C33H42BrN3O4S. The molecule has 1 atom stereocenters. The van der Waals surface area contributed by atoms with Crippen LogP contribution < -0.4 is 9.62 Å². The summed E-state index contributed by atoms with van der Waals surface area (Å²) in [6.45, 7) is 8.50. The van der Waals surface area contributed by atoms with E-state index in [1.807, 2.05) is 73.7 Å². The summed E-state index contributed by atoms with van der Waals surface area (Å²) in [6.07, 6.45) is 3.12. The average molecular weight is 657 g/mol. The highest BCUT2D eigenvalue weighted by atomic mass is 79.9. The summed E-state index contributed by atoms with van der Waals surface area (Å²) < 4.78 is 28.0. The van der Waals surface area contributed by atoms with Crippen LogP contribution in [0.15, 0.2) is 83.3 Å². The van der Waals surface area contributed by atoms with Crippen LogP contribution >= 0.6 is 15.9 Å². The molecule has 3 rings (SSSR count). The molecule has 3 aromatic carbocycles. The first-order chi connectivity index (χ1) is 19.8. The molecule has 0 spiro atoms. The normalized spacial score (nSPS) is 12.4. The fourth-order valence-electron chi connectivity index (χ4n) is 4.59. The highest BCUT2D eigenvalue weighted by Gasteiger charge is 2.33. The van der Waals surface area contributed by atoms with Crippen molar-refractivity contribution in [2.75, 3.05) is 23.7 Å². The van der Waals surface area contributed by atoms with Crippen LogP contribution in [0.5, 0.6) is 0 Å². The molecule has 0 unspecified atom stereocenters. The van der Waals surface area contributed by atoms with Crippen molar-refractivity contribution in [3.05, 3.63) is 100 Å². The van der Waals surface area contributed by atoms with Crippen molar-refractivity contribution in [1.82, 2.24) is 10.2 Å². The Balaban J connectivity index is 2.02. The van der Waals surface area contributed by atoms with Gasteiger partial charge in [-0.15, -0.1) is 0 Å². The zero-order valence-corrected chi connectivity index (χ0v) is 27.5. The van der Waals surface area contributed by atoms with Gasteiger partial charge in [0.25, 0.3) is 0 Å². The van der Waals surface area contributed by atoms with Gasteiger partial charge in [-0.1, -0.05) is 105 Å². The molecule has 0 fully saturated rings. The number of halogens is 1. The lowest BCUT2D eigenvalue weighted by Crippen LogP contribution is -2.53. The molecule has 226 valence electrons. The van der Waals surface area contributed by atoms with E-state index in [0.29, 0.717) is 18.7 Å². The zero-order chi connectivity index (χ0) is 30.9. The second-order valence-electron chi connectivity index (χ2n) is 11.6. The Morgan fingerprint density at radius 1 is 0.905 bits per heavy atom. The van der Waals surface area contributed by atoms with E-state index in [1.165, 1.54) is 4.90 Å². The molecule has 1 N–H and O–H groups in total. The predicted molar refractivity (Wildman–Crippen MR) is 174 cm³/mol. The summed E-state index contributed by atoms with van der Waals surface area (Å²) in [7, 11) is -3.82. The Labute approximate surface area is 259 Å². The van der Waals surface area contributed by atoms with Crippen molar-refractivity contribution in [3.8, 4) is 0 Å². The molecule has 0 aliphatic rings. The molecule has 0 saturated carbocycles. The van der Waals surface area contributed by atoms with Gasteiger partial charge in [0, 0.05) is 24.0 Å². The first kappa shape index (κ1) is 33.3. The van der Waals surface area contributed by atoms with Crippen molar-refractivity contribution in [2.45, 2.75) is 65.0 Å². The fourth-order valence-corrected chi connectivity index (χ4v) is 5.70. The molecule has 0 aliphatic heterocycles. The minimum Gasteiger partial charge on any atom is -0.354 e. The molecule has 7 nitrogen and oxygen atoms in total. The van der Waals surface area contributed by atoms with Gasteiger partial charge in [0.2, 0.25) is 21.8 Å². The summed E-state index contributed by atoms with van der Waals surface area (Å²) in [5.41, 5.74) is 3.07. The zero-order valence-electron chi connectivity index (χ0n) is 25.1. The van der Waals surface area contributed by atoms with E-state index >= 15 is 0 Å². The number of nitrogens with zero attached hydrogens (tertiary/aromatic N) is 2. The summed E-state index contributed by atoms with van der Waals surface area (Å²) in [5.74, 6) is -0.729. The molecular weight excluding hydrogens is 614 g/mol. The van der Waals surface area contributed by atoms with Crippen LogP contribution in [0, 0.1) is 0 Å². The molecule has 42 heavy (non-hydrogen) atoms. The lowest BCUT2D eigenvalue weighted by Gasteiger charge is -2.33. The van der Waals surface area contributed by atoms with Gasteiger partial charge in [-0.05, 0) is 52.8 Å². The van der Waals surface area contributed by atoms with Crippen molar-refractivity contribution in [2.24, 2.45) is 0 Å². The van der Waals surface area contributed by atoms with E-state index in [0.717, 1.165) is 44.6 Å². The van der Waals surface area contributed by atoms with Crippen molar-refractivity contribution in [1.29, 1.82) is 0 Å². The van der Waals surface area contributed by atoms with E-state index in [-0.39, 0.29) is 17.9 Å². The van der Waals surface area contributed by atoms with Gasteiger partial charge in [-0.2, -0.15) is 0 Å². The SMILES string of the molecule is CCCCNC(=O)[C@@H](Cc1ccccc1)N(Cc1ccc(Br)cc1)C(=O)CN(c1ccc(C(C)(C)C)cc1)S(C)(=O)=O. The number of carbonyl (C=O) groups excluding carboxylic acids is 2. The highest BCUT2D eigenvalue weighted by Crippen LogP contribution is 2.26. The summed E-state index contributed by atoms with van der Waals surface area (Å²) in [4.78, 5) is 29.3. The summed E-state index contributed by atoms with van der Waals surface area (Å²) in [6, 6.07) is 23.5. The Bertz CT molecular complexity index is 1420. The number of benzene rings is 3. The maximum atomic E-state index is 14.2. The van der Waals surface area contributed by atoms with Crippen LogP contribution in [-0.2, 0) is 38.0 Å². The fraction of sp³-hybridized carbons (Fsp3) is 0.394. The van der Waals surface area contributed by atoms with Crippen LogP contribution in [0.4, 0.5) is 5.69 Å². The van der Waals surface area contributed by atoms with Crippen molar-refractivity contribution < 1.29 is 18.0 Å². The van der Waals surface area contributed by atoms with Gasteiger partial charge >= 0.3 is 0 Å². The number of hydrogen-bond acceptors (Lipinski definition) is 4. The Morgan fingerprint density at radius 2 is 1.52 bits per heavy atom. The number of nitrogens with one attached hydrogen (secondary N) is 1. The van der Waals surface area contributed by atoms with E-state index in [1.54, 1.807) is 12.1 Å². The molecule has 0 radical (unpaired) electrons. The van der Waals surface area contributed by atoms with Crippen LogP contribution in [0.3, 0.4) is 0 Å². The lowest BCUT2D eigenvalue weighted by molar-refractivity contribution is -0.140. The third-order valence-electron chi connectivity index (χ3n) is 7.07. The van der Waals surface area contributed by atoms with E-state index in [4.69, 9.17) is 0 Å². The minimum absolute atomic E-state index is 0.110. The number of carbonyl (C=O) groups is 2. The molecule has 9 heteroatoms. The lowest BCUT2D eigenvalue weighted by atomic mass is 9.87. The van der Waals surface area contributed by atoms with E-state index in [2.05, 4.69) is 42.0 Å². The Hall–Kier alpha value is -3.17. The second-order valence-corrected chi connectivity index (χ2v) is 14.4. The van der Waals surface area contributed by atoms with Gasteiger partial charge in [-0.3, -0.25) is 13.9 Å². The van der Waals surface area contributed by atoms with Gasteiger partial charge in [0.1, 0.15) is 12.6 Å². The number of unbranched alkanes of at least 4 members (excludes halogenated alkanes) is 1. The quantitative estimate of drug-likeness (QED) is 0.227. The van der Waals surface area contributed by atoms with Crippen molar-refractivity contribution in [3.63, 3.8) is 0 Å². The summed E-state index contributed by atoms with van der Waals surface area (Å²) in [5, 5.41) is 3.00. The number of hydrogen-bond donors (Lipinski definition) is 1. The third-order valence-corrected chi connectivity index (χ3v) is 8.74. The van der Waals surface area contributed by atoms with Crippen LogP contribution in [0.1, 0.15) is 57.2 Å². The second kappa shape index (κ2) is 14.8. The van der Waals surface area contributed by atoms with Crippen LogP contribution in [0.2, 0.25) is 0 Å². The third kappa shape index (κ3) is 9.70. The van der Waals surface area contributed by atoms with Gasteiger partial charge < -0.3 is 10.2 Å². The van der Waals surface area contributed by atoms with Crippen molar-refractivity contribution >= 4 is 43.5 Å². The topological polar surface area (TPSA) is 86.8 Å². The largest absolute Gasteiger partial charge is 0.354 e. The molecule has 0 aliphatic carbocycles. The van der Waals surface area contributed by atoms with E-state index in [9.17, 15) is 18.0 Å². The molecule has 3 aromatic rings. The van der Waals surface area contributed by atoms with Gasteiger partial charge in [0.05, 0.1) is 11.9 Å². The maximum absolute atomic E-state index is 14.2. The van der Waals surface area contributed by atoms with E-state index < -0.39 is 28.5 Å². The predicted octanol–water partition coefficient (Wildman–Crippen LogP) is 6.07. The molecule has 0 bridgehead atoms. The number of rotatable bonds is 13. The van der Waals surface area contributed by atoms with Crippen LogP contribution in [0.25, 0.3) is 0 Å². The Kier molecular flexibility index (Phi) is 11.8. The van der Waals surface area contributed by atoms with Crippen LogP contribution in [-0.4, -0.2) is 50.5 Å². The molecule has 2 amide bonds. The maximum Gasteiger partial charge on any atom is 0.244 e. The molecule has 0 heterocycles. The Morgan fingerprint density at radius 3 is 2.07 bits per heavy atom. The smallest absolute Gasteiger partial charge is 0.244 e.